The summed E-state index contributed by atoms with van der Waals surface area (Å²) in [5, 5.41) is 6.69. The van der Waals surface area contributed by atoms with Crippen molar-refractivity contribution < 1.29 is 18.4 Å². The summed E-state index contributed by atoms with van der Waals surface area (Å²) in [4.78, 5) is 16.2. The molecule has 122 valence electrons. The van der Waals surface area contributed by atoms with Gasteiger partial charge in [0.05, 0.1) is 11.3 Å². The highest BCUT2D eigenvalue weighted by Crippen LogP contribution is 2.22. The van der Waals surface area contributed by atoms with E-state index in [0.29, 0.717) is 22.8 Å². The zero-order valence-corrected chi connectivity index (χ0v) is 12.8. The topological polar surface area (TPSA) is 77.2 Å². The quantitative estimate of drug-likeness (QED) is 0.721. The molecule has 0 fully saturated rings. The number of hydrogen-bond acceptors (Lipinski definition) is 6. The predicted octanol–water partition coefficient (Wildman–Crippen LogP) is 3.62. The molecule has 1 N–H and O–H groups in total. The van der Waals surface area contributed by atoms with Crippen molar-refractivity contribution in [2.75, 3.05) is 5.32 Å². The van der Waals surface area contributed by atoms with E-state index >= 15 is 0 Å². The van der Waals surface area contributed by atoms with Crippen LogP contribution in [0.1, 0.15) is 22.1 Å². The van der Waals surface area contributed by atoms with Crippen molar-refractivity contribution in [1.82, 2.24) is 10.1 Å². The second-order valence-electron chi connectivity index (χ2n) is 4.99. The van der Waals surface area contributed by atoms with Crippen LogP contribution in [0.5, 0.6) is 0 Å². The zero-order valence-electron chi connectivity index (χ0n) is 12.8. The molecular formula is C17H14FN3O3. The van der Waals surface area contributed by atoms with E-state index in [4.69, 9.17) is 9.26 Å². The summed E-state index contributed by atoms with van der Waals surface area (Å²) in [6.45, 7) is 1.57. The van der Waals surface area contributed by atoms with Crippen molar-refractivity contribution in [2.45, 2.75) is 13.5 Å². The van der Waals surface area contributed by atoms with Crippen LogP contribution in [0.25, 0.3) is 0 Å². The lowest BCUT2D eigenvalue weighted by molar-refractivity contribution is 0.0431. The van der Waals surface area contributed by atoms with Crippen molar-refractivity contribution in [3.8, 4) is 0 Å². The maximum Gasteiger partial charge on any atom is 0.340 e. The van der Waals surface area contributed by atoms with E-state index in [2.05, 4.69) is 15.5 Å². The first-order valence-electron chi connectivity index (χ1n) is 7.20. The van der Waals surface area contributed by atoms with Crippen molar-refractivity contribution in [1.29, 1.82) is 0 Å². The van der Waals surface area contributed by atoms with E-state index in [1.54, 1.807) is 43.3 Å². The maximum atomic E-state index is 13.0. The van der Waals surface area contributed by atoms with Gasteiger partial charge in [-0.3, -0.25) is 0 Å². The van der Waals surface area contributed by atoms with Crippen molar-refractivity contribution in [3.63, 3.8) is 0 Å². The molecule has 1 aromatic heterocycles. The van der Waals surface area contributed by atoms with Crippen LogP contribution in [-0.4, -0.2) is 16.1 Å². The Morgan fingerprint density at radius 1 is 1.21 bits per heavy atom. The number of carbonyl (C=O) groups is 1. The molecular weight excluding hydrogens is 313 g/mol. The number of aryl methyl sites for hydroxylation is 1. The fourth-order valence-electron chi connectivity index (χ4n) is 2.06. The van der Waals surface area contributed by atoms with E-state index in [9.17, 15) is 9.18 Å². The third-order valence-electron chi connectivity index (χ3n) is 3.17. The van der Waals surface area contributed by atoms with E-state index in [1.165, 1.54) is 12.1 Å². The van der Waals surface area contributed by atoms with E-state index < -0.39 is 5.97 Å². The Balaban J connectivity index is 1.73. The summed E-state index contributed by atoms with van der Waals surface area (Å²) in [6, 6.07) is 12.7. The van der Waals surface area contributed by atoms with Gasteiger partial charge in [-0.25, -0.2) is 9.18 Å². The number of rotatable bonds is 5. The highest BCUT2D eigenvalue weighted by Gasteiger charge is 2.14. The molecule has 0 aliphatic rings. The molecule has 0 radical (unpaired) electrons. The van der Waals surface area contributed by atoms with Gasteiger partial charge in [-0.2, -0.15) is 4.98 Å². The molecule has 3 rings (SSSR count). The monoisotopic (exact) mass is 327 g/mol. The molecule has 3 aromatic rings. The molecule has 7 heteroatoms. The number of carbonyl (C=O) groups excluding carboxylic acids is 1. The Morgan fingerprint density at radius 2 is 1.96 bits per heavy atom. The van der Waals surface area contributed by atoms with Crippen LogP contribution < -0.4 is 5.32 Å². The number of anilines is 2. The van der Waals surface area contributed by atoms with Gasteiger partial charge in [-0.05, 0) is 43.3 Å². The SMILES string of the molecule is Cc1noc(COC(=O)c2ccccc2Nc2ccc(F)cc2)n1. The van der Waals surface area contributed by atoms with Gasteiger partial charge in [-0.15, -0.1) is 0 Å². The second kappa shape index (κ2) is 6.91. The van der Waals surface area contributed by atoms with Gasteiger partial charge in [0.2, 0.25) is 0 Å². The minimum absolute atomic E-state index is 0.107. The number of esters is 1. The minimum atomic E-state index is -0.531. The number of halogens is 1. The highest BCUT2D eigenvalue weighted by atomic mass is 19.1. The van der Waals surface area contributed by atoms with Gasteiger partial charge in [0, 0.05) is 5.69 Å². The number of para-hydroxylation sites is 1. The Labute approximate surface area is 137 Å². The van der Waals surface area contributed by atoms with Crippen molar-refractivity contribution >= 4 is 17.3 Å². The molecule has 0 atom stereocenters. The molecule has 0 spiro atoms. The smallest absolute Gasteiger partial charge is 0.340 e. The van der Waals surface area contributed by atoms with E-state index in [-0.39, 0.29) is 18.3 Å². The molecule has 6 nitrogen and oxygen atoms in total. The van der Waals surface area contributed by atoms with Crippen LogP contribution in [0, 0.1) is 12.7 Å². The number of aromatic nitrogens is 2. The summed E-state index contributed by atoms with van der Waals surface area (Å²) >= 11 is 0. The minimum Gasteiger partial charge on any atom is -0.452 e. The van der Waals surface area contributed by atoms with Crippen LogP contribution in [0.2, 0.25) is 0 Å². The Kier molecular flexibility index (Phi) is 4.51. The second-order valence-corrected chi connectivity index (χ2v) is 4.99. The van der Waals surface area contributed by atoms with Crippen LogP contribution in [-0.2, 0) is 11.3 Å². The average molecular weight is 327 g/mol. The van der Waals surface area contributed by atoms with E-state index in [1.807, 2.05) is 0 Å². The Bertz CT molecular complexity index is 846. The summed E-state index contributed by atoms with van der Waals surface area (Å²) in [5.41, 5.74) is 1.55. The fourth-order valence-corrected chi connectivity index (χ4v) is 2.06. The number of nitrogens with zero attached hydrogens (tertiary/aromatic N) is 2. The van der Waals surface area contributed by atoms with Crippen LogP contribution >= 0.6 is 0 Å². The third kappa shape index (κ3) is 3.75. The van der Waals surface area contributed by atoms with Gasteiger partial charge in [0.15, 0.2) is 12.4 Å². The zero-order chi connectivity index (χ0) is 16.9. The first kappa shape index (κ1) is 15.7. The van der Waals surface area contributed by atoms with Crippen molar-refractivity contribution in [2.24, 2.45) is 0 Å². The Morgan fingerprint density at radius 3 is 2.67 bits per heavy atom. The normalized spacial score (nSPS) is 10.4. The maximum absolute atomic E-state index is 13.0. The number of hydrogen-bond donors (Lipinski definition) is 1. The number of nitrogens with one attached hydrogen (secondary N) is 1. The Hall–Kier alpha value is -3.22. The van der Waals surface area contributed by atoms with Gasteiger partial charge in [-0.1, -0.05) is 17.3 Å². The molecule has 24 heavy (non-hydrogen) atoms. The molecule has 0 saturated heterocycles. The molecule has 0 saturated carbocycles. The van der Waals surface area contributed by atoms with Crippen molar-refractivity contribution in [3.05, 3.63) is 71.6 Å². The van der Waals surface area contributed by atoms with Gasteiger partial charge < -0.3 is 14.6 Å². The molecule has 2 aromatic carbocycles. The number of benzene rings is 2. The lowest BCUT2D eigenvalue weighted by Gasteiger charge is -2.11. The first-order chi connectivity index (χ1) is 11.6. The van der Waals surface area contributed by atoms with Crippen LogP contribution in [0.3, 0.4) is 0 Å². The molecule has 0 amide bonds. The summed E-state index contributed by atoms with van der Waals surface area (Å²) in [7, 11) is 0. The summed E-state index contributed by atoms with van der Waals surface area (Å²) in [6.07, 6.45) is 0. The molecule has 1 heterocycles. The third-order valence-corrected chi connectivity index (χ3v) is 3.17. The van der Waals surface area contributed by atoms with E-state index in [0.717, 1.165) is 0 Å². The number of ether oxygens (including phenoxy) is 1. The molecule has 0 bridgehead atoms. The average Bonchev–Trinajstić information content (AvgIpc) is 3.01. The highest BCUT2D eigenvalue weighted by molar-refractivity contribution is 5.96. The summed E-state index contributed by atoms with van der Waals surface area (Å²) in [5.74, 6) is -0.164. The summed E-state index contributed by atoms with van der Waals surface area (Å²) < 4.78 is 23.1. The molecule has 0 unspecified atom stereocenters. The fraction of sp³-hybridized carbons (Fsp3) is 0.118. The molecule has 0 aliphatic carbocycles. The lowest BCUT2D eigenvalue weighted by Crippen LogP contribution is -2.08. The van der Waals surface area contributed by atoms with Crippen LogP contribution in [0.4, 0.5) is 15.8 Å². The molecule has 0 aliphatic heterocycles. The predicted molar refractivity (Wildman–Crippen MR) is 84.3 cm³/mol. The first-order valence-corrected chi connectivity index (χ1v) is 7.20. The van der Waals surface area contributed by atoms with Gasteiger partial charge >= 0.3 is 5.97 Å². The van der Waals surface area contributed by atoms with Crippen LogP contribution in [0.15, 0.2) is 53.1 Å². The lowest BCUT2D eigenvalue weighted by atomic mass is 10.1. The van der Waals surface area contributed by atoms with Gasteiger partial charge in [0.1, 0.15) is 5.82 Å². The van der Waals surface area contributed by atoms with Gasteiger partial charge in [0.25, 0.3) is 5.89 Å². The standard InChI is InChI=1S/C17H14FN3O3/c1-11-19-16(24-21-11)10-23-17(22)14-4-2-3-5-15(14)20-13-8-6-12(18)7-9-13/h2-9,20H,10H2,1H3. The largest absolute Gasteiger partial charge is 0.452 e.